The lowest BCUT2D eigenvalue weighted by molar-refractivity contribution is -0.870. The Morgan fingerprint density at radius 2 is 1.45 bits per heavy atom. The van der Waals surface area contributed by atoms with Gasteiger partial charge in [0.2, 0.25) is 0 Å². The molecule has 0 bridgehead atoms. The molecule has 0 spiro atoms. The molecule has 0 radical (unpaired) electrons. The van der Waals surface area contributed by atoms with Gasteiger partial charge in [-0.2, -0.15) is 0 Å². The Labute approximate surface area is 434 Å². The number of unbranched alkanes of at least 4 members (excludes halogenated alkanes) is 1. The Kier molecular flexibility index (Phi) is 25.2. The third kappa shape index (κ3) is 19.1. The molecule has 3 fully saturated rings. The molecule has 0 amide bonds. The summed E-state index contributed by atoms with van der Waals surface area (Å²) >= 11 is 0. The van der Waals surface area contributed by atoms with Gasteiger partial charge in [0, 0.05) is 6.42 Å². The van der Waals surface area contributed by atoms with E-state index in [0.29, 0.717) is 47.0 Å². The molecule has 1 N–H and O–H groups in total. The molecule has 3 saturated carbocycles. The number of carbonyl (C=O) groups excluding carboxylic acids is 3. The first-order valence-electron chi connectivity index (χ1n) is 29.1. The molecule has 412 valence electrons. The average Bonchev–Trinajstić information content (AvgIpc) is 3.66. The van der Waals surface area contributed by atoms with Gasteiger partial charge in [-0.15, -0.1) is 0 Å². The fourth-order valence-corrected chi connectivity index (χ4v) is 14.9. The summed E-state index contributed by atoms with van der Waals surface area (Å²) in [4.78, 5) is 50.9. The first-order valence-corrected chi connectivity index (χ1v) is 30.6. The third-order valence-electron chi connectivity index (χ3n) is 18.7. The summed E-state index contributed by atoms with van der Waals surface area (Å²) in [6.07, 6.45) is 23.7. The van der Waals surface area contributed by atoms with Gasteiger partial charge in [0.15, 0.2) is 6.10 Å². The van der Waals surface area contributed by atoms with E-state index in [9.17, 15) is 23.8 Å². The van der Waals surface area contributed by atoms with Gasteiger partial charge in [-0.25, -0.2) is 4.57 Å². The standard InChI is InChI=1S/C59H106NO10P/c1-14-19-43(6)21-17-18-22-47(25-23-44(7)20-15-2)57(63)66-40-50(41-68-71(64,65)67-38-37-60(11,12)13)70-56(62)32-31-55(61)69-49-33-35-58(9)48(39-49)27-28-51-53-30-29-52(59(53,10)36-34-54(51)58)45(8)24-26-46(16-3)42(4)5/h27,42-47,49-54H,14-26,28-41H2,1-13H3/p+1/t43?,44?,45?,46?,47?,49-,50?,51-,52+,53-,54-,58-,59+/m0/s1. The van der Waals surface area contributed by atoms with Gasteiger partial charge in [0.05, 0.1) is 46.5 Å². The van der Waals surface area contributed by atoms with E-state index in [0.717, 1.165) is 106 Å². The van der Waals surface area contributed by atoms with Crippen LogP contribution in [0.1, 0.15) is 217 Å². The lowest BCUT2D eigenvalue weighted by Crippen LogP contribution is -2.51. The lowest BCUT2D eigenvalue weighted by Gasteiger charge is -2.58. The molecule has 11 nitrogen and oxygen atoms in total. The van der Waals surface area contributed by atoms with Gasteiger partial charge in [-0.05, 0) is 135 Å². The number of nitrogens with zero attached hydrogens (tertiary/aromatic N) is 1. The fourth-order valence-electron chi connectivity index (χ4n) is 14.2. The van der Waals surface area contributed by atoms with Crippen molar-refractivity contribution < 1.29 is 51.6 Å². The number of carbonyl (C=O) groups is 3. The minimum absolute atomic E-state index is 0.0228. The molecule has 4 rings (SSSR count). The molecule has 0 aromatic carbocycles. The van der Waals surface area contributed by atoms with E-state index in [2.05, 4.69) is 75.3 Å². The SMILES string of the molecule is CCCC(C)CCCCC(CCC(C)CCC)C(=O)OCC(COP(=O)(O)OCC[N+](C)(C)C)OC(=O)CCC(=O)O[C@H]1CC[C@@]2(C)C(=CC[C@H]3[C@@H]4CC[C@H](C(C)CCC(CC)C(C)C)[C@@]4(C)CC[C@@H]32)C1. The summed E-state index contributed by atoms with van der Waals surface area (Å²) in [6, 6.07) is 0. The van der Waals surface area contributed by atoms with Crippen LogP contribution in [-0.2, 0) is 42.2 Å². The quantitative estimate of drug-likeness (QED) is 0.0169. The smallest absolute Gasteiger partial charge is 0.462 e. The van der Waals surface area contributed by atoms with Crippen molar-refractivity contribution in [3.8, 4) is 0 Å². The number of likely N-dealkylation sites (N-methyl/N-ethyl adjacent to an activating group) is 1. The van der Waals surface area contributed by atoms with Crippen LogP contribution >= 0.6 is 7.82 Å². The highest BCUT2D eigenvalue weighted by atomic mass is 31.2. The van der Waals surface area contributed by atoms with Crippen molar-refractivity contribution in [3.05, 3.63) is 11.6 Å². The molecule has 12 heteroatoms. The first-order chi connectivity index (χ1) is 33.4. The van der Waals surface area contributed by atoms with Crippen molar-refractivity contribution in [2.45, 2.75) is 229 Å². The molecule has 0 aromatic heterocycles. The number of hydrogen-bond acceptors (Lipinski definition) is 9. The van der Waals surface area contributed by atoms with Crippen LogP contribution in [0.3, 0.4) is 0 Å². The van der Waals surface area contributed by atoms with Crippen LogP contribution in [0.4, 0.5) is 0 Å². The number of rotatable bonds is 33. The highest BCUT2D eigenvalue weighted by Gasteiger charge is 2.59. The Balaban J connectivity index is 1.33. The molecule has 7 unspecified atom stereocenters. The number of phosphoric acid groups is 1. The normalized spacial score (nSPS) is 28.8. The Hall–Kier alpha value is -1.78. The maximum absolute atomic E-state index is 13.7. The van der Waals surface area contributed by atoms with Crippen molar-refractivity contribution in [3.63, 3.8) is 0 Å². The van der Waals surface area contributed by atoms with Crippen LogP contribution in [0, 0.1) is 70.0 Å². The molecule has 4 aliphatic carbocycles. The van der Waals surface area contributed by atoms with Gasteiger partial charge < -0.3 is 23.6 Å². The van der Waals surface area contributed by atoms with Crippen LogP contribution in [0.2, 0.25) is 0 Å². The second-order valence-electron chi connectivity index (χ2n) is 25.5. The summed E-state index contributed by atoms with van der Waals surface area (Å²) in [6.45, 7) is 23.3. The molecule has 0 aliphatic heterocycles. The van der Waals surface area contributed by atoms with Crippen molar-refractivity contribution in [2.24, 2.45) is 70.0 Å². The van der Waals surface area contributed by atoms with E-state index < -0.39 is 32.5 Å². The maximum Gasteiger partial charge on any atom is 0.472 e. The number of allylic oxidation sites excluding steroid dienone is 1. The van der Waals surface area contributed by atoms with Crippen molar-refractivity contribution in [1.82, 2.24) is 0 Å². The molecule has 0 aromatic rings. The minimum atomic E-state index is -4.52. The van der Waals surface area contributed by atoms with E-state index in [4.69, 9.17) is 23.3 Å². The topological polar surface area (TPSA) is 135 Å². The van der Waals surface area contributed by atoms with Gasteiger partial charge in [0.25, 0.3) is 0 Å². The van der Waals surface area contributed by atoms with Crippen LogP contribution in [-0.4, -0.2) is 87.0 Å². The Morgan fingerprint density at radius 3 is 2.11 bits per heavy atom. The van der Waals surface area contributed by atoms with Gasteiger partial charge in [-0.3, -0.25) is 23.4 Å². The second kappa shape index (κ2) is 28.9. The predicted octanol–water partition coefficient (Wildman–Crippen LogP) is 14.5. The average molecular weight is 1020 g/mol. The van der Waals surface area contributed by atoms with E-state index in [-0.39, 0.29) is 49.5 Å². The number of hydrogen-bond donors (Lipinski definition) is 1. The Bertz CT molecular complexity index is 1710. The zero-order chi connectivity index (χ0) is 52.6. The van der Waals surface area contributed by atoms with Crippen LogP contribution in [0.5, 0.6) is 0 Å². The molecule has 0 heterocycles. The largest absolute Gasteiger partial charge is 0.472 e. The number of phosphoric ester groups is 1. The molecule has 14 atom stereocenters. The lowest BCUT2D eigenvalue weighted by atomic mass is 9.47. The maximum atomic E-state index is 13.7. The molecular formula is C59H107NO10P+. The molecule has 0 saturated heterocycles. The number of fused-ring (bicyclic) bond motifs is 5. The molecule has 71 heavy (non-hydrogen) atoms. The van der Waals surface area contributed by atoms with Crippen LogP contribution < -0.4 is 0 Å². The summed E-state index contributed by atoms with van der Waals surface area (Å²) < 4.78 is 41.6. The monoisotopic (exact) mass is 1020 g/mol. The van der Waals surface area contributed by atoms with Gasteiger partial charge >= 0.3 is 25.7 Å². The van der Waals surface area contributed by atoms with E-state index in [1.54, 1.807) is 0 Å². The van der Waals surface area contributed by atoms with Gasteiger partial charge in [-0.1, -0.05) is 139 Å². The molecular weight excluding hydrogens is 914 g/mol. The second-order valence-corrected chi connectivity index (χ2v) is 27.0. The third-order valence-corrected chi connectivity index (χ3v) is 19.6. The zero-order valence-corrected chi connectivity index (χ0v) is 48.5. The summed E-state index contributed by atoms with van der Waals surface area (Å²) in [5.74, 6) is 4.67. The summed E-state index contributed by atoms with van der Waals surface area (Å²) in [5, 5.41) is 0. The summed E-state index contributed by atoms with van der Waals surface area (Å²) in [7, 11) is 1.30. The molecule has 4 aliphatic rings. The highest BCUT2D eigenvalue weighted by molar-refractivity contribution is 7.47. The van der Waals surface area contributed by atoms with E-state index in [1.165, 1.54) is 56.9 Å². The van der Waals surface area contributed by atoms with Crippen LogP contribution in [0.25, 0.3) is 0 Å². The van der Waals surface area contributed by atoms with E-state index in [1.807, 2.05) is 21.1 Å². The van der Waals surface area contributed by atoms with Gasteiger partial charge in [0.1, 0.15) is 25.9 Å². The van der Waals surface area contributed by atoms with Crippen molar-refractivity contribution >= 4 is 25.7 Å². The van der Waals surface area contributed by atoms with E-state index >= 15 is 0 Å². The summed E-state index contributed by atoms with van der Waals surface area (Å²) in [5.41, 5.74) is 2.00. The zero-order valence-electron chi connectivity index (χ0n) is 47.6. The van der Waals surface area contributed by atoms with Crippen LogP contribution in [0.15, 0.2) is 11.6 Å². The van der Waals surface area contributed by atoms with Crippen molar-refractivity contribution in [1.29, 1.82) is 0 Å². The highest BCUT2D eigenvalue weighted by Crippen LogP contribution is 2.67. The number of ether oxygens (including phenoxy) is 3. The minimum Gasteiger partial charge on any atom is -0.462 e. The Morgan fingerprint density at radius 1 is 0.775 bits per heavy atom. The number of esters is 3. The predicted molar refractivity (Wildman–Crippen MR) is 286 cm³/mol. The fraction of sp³-hybridized carbons (Fsp3) is 0.915. The first kappa shape index (κ1) is 61.8. The number of quaternary nitrogens is 1. The van der Waals surface area contributed by atoms with Crippen molar-refractivity contribution in [2.75, 3.05) is 47.5 Å².